The third kappa shape index (κ3) is 3.00. The number of aldehydes is 1. The SMILES string of the molecule is CCOC(=O)C1CN(CCN)CC1C=O. The second-order valence-electron chi connectivity index (χ2n) is 3.71. The van der Waals surface area contributed by atoms with Crippen molar-refractivity contribution in [3.8, 4) is 0 Å². The number of hydrogen-bond acceptors (Lipinski definition) is 5. The molecule has 1 saturated heterocycles. The van der Waals surface area contributed by atoms with Crippen LogP contribution in [0.5, 0.6) is 0 Å². The fourth-order valence-electron chi connectivity index (χ4n) is 1.92. The van der Waals surface area contributed by atoms with Gasteiger partial charge in [-0.1, -0.05) is 0 Å². The van der Waals surface area contributed by atoms with Gasteiger partial charge in [0.2, 0.25) is 0 Å². The average Bonchev–Trinajstić information content (AvgIpc) is 2.62. The summed E-state index contributed by atoms with van der Waals surface area (Å²) in [5.74, 6) is -0.821. The van der Waals surface area contributed by atoms with E-state index >= 15 is 0 Å². The summed E-state index contributed by atoms with van der Waals surface area (Å²) in [6.07, 6.45) is 0.845. The van der Waals surface area contributed by atoms with E-state index in [1.165, 1.54) is 0 Å². The van der Waals surface area contributed by atoms with Crippen LogP contribution in [-0.4, -0.2) is 49.9 Å². The Kier molecular flexibility index (Phi) is 4.71. The van der Waals surface area contributed by atoms with Gasteiger partial charge in [0.25, 0.3) is 0 Å². The van der Waals surface area contributed by atoms with Crippen LogP contribution in [0, 0.1) is 11.8 Å². The fourth-order valence-corrected chi connectivity index (χ4v) is 1.92. The van der Waals surface area contributed by atoms with Crippen LogP contribution < -0.4 is 5.73 Å². The zero-order valence-corrected chi connectivity index (χ0v) is 9.02. The van der Waals surface area contributed by atoms with Crippen molar-refractivity contribution in [2.45, 2.75) is 6.92 Å². The Hall–Kier alpha value is -0.940. The van der Waals surface area contributed by atoms with Gasteiger partial charge in [-0.25, -0.2) is 0 Å². The summed E-state index contributed by atoms with van der Waals surface area (Å²) in [6, 6.07) is 0. The monoisotopic (exact) mass is 214 g/mol. The van der Waals surface area contributed by atoms with Gasteiger partial charge in [-0.3, -0.25) is 4.79 Å². The van der Waals surface area contributed by atoms with Crippen LogP contribution in [0.4, 0.5) is 0 Å². The molecule has 0 aromatic carbocycles. The van der Waals surface area contributed by atoms with Gasteiger partial charge in [-0.15, -0.1) is 0 Å². The lowest BCUT2D eigenvalue weighted by Crippen LogP contribution is -2.29. The minimum absolute atomic E-state index is 0.240. The largest absolute Gasteiger partial charge is 0.466 e. The predicted molar refractivity (Wildman–Crippen MR) is 55.2 cm³/mol. The number of hydrogen-bond donors (Lipinski definition) is 1. The number of carbonyl (C=O) groups excluding carboxylic acids is 2. The Morgan fingerprint density at radius 1 is 1.60 bits per heavy atom. The van der Waals surface area contributed by atoms with E-state index < -0.39 is 0 Å². The summed E-state index contributed by atoms with van der Waals surface area (Å²) in [5, 5.41) is 0. The third-order valence-corrected chi connectivity index (χ3v) is 2.65. The van der Waals surface area contributed by atoms with Crippen molar-refractivity contribution in [2.75, 3.05) is 32.8 Å². The standard InChI is InChI=1S/C10H18N2O3/c1-2-15-10(14)9-6-12(4-3-11)5-8(9)7-13/h7-9H,2-6,11H2,1H3. The maximum absolute atomic E-state index is 11.5. The highest BCUT2D eigenvalue weighted by molar-refractivity contribution is 5.77. The maximum atomic E-state index is 11.5. The van der Waals surface area contributed by atoms with Crippen LogP contribution in [0.1, 0.15) is 6.92 Å². The quantitative estimate of drug-likeness (QED) is 0.482. The molecule has 0 amide bonds. The molecule has 1 aliphatic rings. The van der Waals surface area contributed by atoms with Gasteiger partial charge >= 0.3 is 5.97 Å². The first-order chi connectivity index (χ1) is 7.22. The highest BCUT2D eigenvalue weighted by atomic mass is 16.5. The molecule has 1 fully saturated rings. The van der Waals surface area contributed by atoms with Crippen molar-refractivity contribution < 1.29 is 14.3 Å². The van der Waals surface area contributed by atoms with Crippen LogP contribution in [0.2, 0.25) is 0 Å². The Morgan fingerprint density at radius 3 is 2.87 bits per heavy atom. The maximum Gasteiger partial charge on any atom is 0.311 e. The van der Waals surface area contributed by atoms with E-state index in [-0.39, 0.29) is 17.8 Å². The molecule has 0 aliphatic carbocycles. The predicted octanol–water partition coefficient (Wildman–Crippen LogP) is -0.745. The minimum Gasteiger partial charge on any atom is -0.466 e. The molecule has 2 unspecified atom stereocenters. The lowest BCUT2D eigenvalue weighted by molar-refractivity contribution is -0.149. The fraction of sp³-hybridized carbons (Fsp3) is 0.800. The molecule has 5 nitrogen and oxygen atoms in total. The molecule has 2 N–H and O–H groups in total. The molecule has 2 atom stereocenters. The van der Waals surface area contributed by atoms with Crippen molar-refractivity contribution in [3.05, 3.63) is 0 Å². The molecule has 86 valence electrons. The smallest absolute Gasteiger partial charge is 0.311 e. The van der Waals surface area contributed by atoms with Crippen LogP contribution in [0.15, 0.2) is 0 Å². The molecular weight excluding hydrogens is 196 g/mol. The number of nitrogens with zero attached hydrogens (tertiary/aromatic N) is 1. The van der Waals surface area contributed by atoms with E-state index in [9.17, 15) is 9.59 Å². The van der Waals surface area contributed by atoms with Gasteiger partial charge in [-0.05, 0) is 6.92 Å². The molecule has 1 heterocycles. The van der Waals surface area contributed by atoms with Crippen molar-refractivity contribution >= 4 is 12.3 Å². The summed E-state index contributed by atoms with van der Waals surface area (Å²) in [7, 11) is 0. The second kappa shape index (κ2) is 5.82. The zero-order valence-electron chi connectivity index (χ0n) is 9.02. The average molecular weight is 214 g/mol. The number of carbonyl (C=O) groups is 2. The first-order valence-electron chi connectivity index (χ1n) is 5.27. The van der Waals surface area contributed by atoms with Gasteiger partial charge in [0.15, 0.2) is 0 Å². The normalized spacial score (nSPS) is 26.5. The molecule has 1 aliphatic heterocycles. The van der Waals surface area contributed by atoms with Gasteiger partial charge in [0, 0.05) is 32.1 Å². The summed E-state index contributed by atoms with van der Waals surface area (Å²) in [5.41, 5.74) is 5.43. The molecule has 5 heteroatoms. The van der Waals surface area contributed by atoms with Gasteiger partial charge < -0.3 is 20.2 Å². The van der Waals surface area contributed by atoms with Gasteiger partial charge in [0.1, 0.15) is 6.29 Å². The van der Waals surface area contributed by atoms with Crippen molar-refractivity contribution in [1.82, 2.24) is 4.90 Å². The van der Waals surface area contributed by atoms with Crippen LogP contribution in [-0.2, 0) is 14.3 Å². The zero-order chi connectivity index (χ0) is 11.3. The molecule has 0 bridgehead atoms. The Labute approximate surface area is 89.6 Å². The Bertz CT molecular complexity index is 233. The molecular formula is C10H18N2O3. The van der Waals surface area contributed by atoms with Gasteiger partial charge in [0.05, 0.1) is 12.5 Å². The minimum atomic E-state index is -0.311. The highest BCUT2D eigenvalue weighted by Gasteiger charge is 2.37. The van der Waals surface area contributed by atoms with Crippen molar-refractivity contribution in [2.24, 2.45) is 17.6 Å². The third-order valence-electron chi connectivity index (χ3n) is 2.65. The summed E-state index contributed by atoms with van der Waals surface area (Å²) in [4.78, 5) is 24.4. The summed E-state index contributed by atoms with van der Waals surface area (Å²) in [6.45, 7) is 4.59. The van der Waals surface area contributed by atoms with E-state index in [4.69, 9.17) is 10.5 Å². The van der Waals surface area contributed by atoms with E-state index in [0.717, 1.165) is 12.8 Å². The molecule has 0 aromatic rings. The number of likely N-dealkylation sites (tertiary alicyclic amines) is 1. The molecule has 0 aromatic heterocycles. The second-order valence-corrected chi connectivity index (χ2v) is 3.71. The summed E-state index contributed by atoms with van der Waals surface area (Å²) >= 11 is 0. The molecule has 0 radical (unpaired) electrons. The number of ether oxygens (including phenoxy) is 1. The van der Waals surface area contributed by atoms with Crippen molar-refractivity contribution in [3.63, 3.8) is 0 Å². The Morgan fingerprint density at radius 2 is 2.33 bits per heavy atom. The molecule has 0 saturated carbocycles. The molecule has 15 heavy (non-hydrogen) atoms. The first kappa shape index (κ1) is 12.1. The Balaban J connectivity index is 2.55. The lowest BCUT2D eigenvalue weighted by Gasteiger charge is -2.13. The van der Waals surface area contributed by atoms with E-state index in [0.29, 0.717) is 26.2 Å². The van der Waals surface area contributed by atoms with Crippen molar-refractivity contribution in [1.29, 1.82) is 0 Å². The molecule has 0 spiro atoms. The van der Waals surface area contributed by atoms with Crippen LogP contribution in [0.3, 0.4) is 0 Å². The number of rotatable bonds is 5. The lowest BCUT2D eigenvalue weighted by atomic mass is 9.98. The van der Waals surface area contributed by atoms with Crippen LogP contribution in [0.25, 0.3) is 0 Å². The summed E-state index contributed by atoms with van der Waals surface area (Å²) < 4.78 is 4.93. The topological polar surface area (TPSA) is 72.6 Å². The van der Waals surface area contributed by atoms with E-state index in [1.54, 1.807) is 6.92 Å². The van der Waals surface area contributed by atoms with Gasteiger partial charge in [-0.2, -0.15) is 0 Å². The first-order valence-corrected chi connectivity index (χ1v) is 5.27. The highest BCUT2D eigenvalue weighted by Crippen LogP contribution is 2.22. The van der Waals surface area contributed by atoms with Crippen LogP contribution >= 0.6 is 0 Å². The number of nitrogens with two attached hydrogens (primary N) is 1. The number of esters is 1. The van der Waals surface area contributed by atoms with E-state index in [1.807, 2.05) is 4.90 Å². The van der Waals surface area contributed by atoms with E-state index in [2.05, 4.69) is 0 Å². The molecule has 1 rings (SSSR count).